The summed E-state index contributed by atoms with van der Waals surface area (Å²) in [6.45, 7) is 5.53. The lowest BCUT2D eigenvalue weighted by atomic mass is 10.2. The van der Waals surface area contributed by atoms with Crippen molar-refractivity contribution >= 4 is 17.3 Å². The summed E-state index contributed by atoms with van der Waals surface area (Å²) < 4.78 is 16.9. The second kappa shape index (κ2) is 8.47. The molecule has 0 saturated heterocycles. The third kappa shape index (κ3) is 4.39. The molecule has 0 radical (unpaired) electrons. The molecule has 1 atom stereocenters. The van der Waals surface area contributed by atoms with Gasteiger partial charge in [-0.1, -0.05) is 12.1 Å². The SMILES string of the molecule is CCOc1ccccc1NC(=O)[C@H](C)Nc1ccc2c(c1)OCCCO2. The summed E-state index contributed by atoms with van der Waals surface area (Å²) in [6.07, 6.45) is 0.857. The maximum absolute atomic E-state index is 12.5. The molecule has 0 unspecified atom stereocenters. The van der Waals surface area contributed by atoms with Gasteiger partial charge in [0.2, 0.25) is 5.91 Å². The van der Waals surface area contributed by atoms with Crippen LogP contribution in [0.4, 0.5) is 11.4 Å². The molecule has 1 aliphatic rings. The standard InChI is InChI=1S/C20H24N2O4/c1-3-24-17-8-5-4-7-16(17)22-20(23)14(2)21-15-9-10-18-19(13-15)26-12-6-11-25-18/h4-5,7-10,13-14,21H,3,6,11-12H2,1-2H3,(H,22,23)/t14-/m0/s1. The molecule has 2 aromatic rings. The lowest BCUT2D eigenvalue weighted by molar-refractivity contribution is -0.116. The number of hydrogen-bond donors (Lipinski definition) is 2. The summed E-state index contributed by atoms with van der Waals surface area (Å²) in [7, 11) is 0. The van der Waals surface area contributed by atoms with Crippen LogP contribution in [0.3, 0.4) is 0 Å². The maximum atomic E-state index is 12.5. The number of ether oxygens (including phenoxy) is 3. The number of fused-ring (bicyclic) bond motifs is 1. The van der Waals surface area contributed by atoms with E-state index in [0.29, 0.717) is 37.0 Å². The van der Waals surface area contributed by atoms with E-state index in [-0.39, 0.29) is 5.91 Å². The van der Waals surface area contributed by atoms with Crippen molar-refractivity contribution in [2.45, 2.75) is 26.3 Å². The Bertz CT molecular complexity index is 763. The Morgan fingerprint density at radius 1 is 1.15 bits per heavy atom. The van der Waals surface area contributed by atoms with Crippen LogP contribution in [0.2, 0.25) is 0 Å². The molecule has 1 amide bonds. The van der Waals surface area contributed by atoms with Gasteiger partial charge >= 0.3 is 0 Å². The van der Waals surface area contributed by atoms with Crippen molar-refractivity contribution in [1.82, 2.24) is 0 Å². The van der Waals surface area contributed by atoms with Crippen molar-refractivity contribution in [2.75, 3.05) is 30.5 Å². The number of para-hydroxylation sites is 2. The Morgan fingerprint density at radius 3 is 2.73 bits per heavy atom. The van der Waals surface area contributed by atoms with Crippen LogP contribution in [0.25, 0.3) is 0 Å². The minimum atomic E-state index is -0.436. The number of amides is 1. The normalized spacial score (nSPS) is 14.1. The molecule has 0 spiro atoms. The van der Waals surface area contributed by atoms with Gasteiger partial charge in [-0.3, -0.25) is 4.79 Å². The van der Waals surface area contributed by atoms with Crippen LogP contribution in [0.5, 0.6) is 17.2 Å². The first-order valence-corrected chi connectivity index (χ1v) is 8.86. The summed E-state index contributed by atoms with van der Waals surface area (Å²) in [6, 6.07) is 12.6. The van der Waals surface area contributed by atoms with Crippen LogP contribution in [-0.4, -0.2) is 31.8 Å². The zero-order valence-corrected chi connectivity index (χ0v) is 15.1. The molecule has 6 nitrogen and oxygen atoms in total. The van der Waals surface area contributed by atoms with Crippen molar-refractivity contribution in [3.8, 4) is 17.2 Å². The average Bonchev–Trinajstić information content (AvgIpc) is 2.88. The second-order valence-electron chi connectivity index (χ2n) is 6.00. The van der Waals surface area contributed by atoms with E-state index in [4.69, 9.17) is 14.2 Å². The van der Waals surface area contributed by atoms with Gasteiger partial charge in [0, 0.05) is 18.2 Å². The number of benzene rings is 2. The van der Waals surface area contributed by atoms with Gasteiger partial charge in [0.15, 0.2) is 11.5 Å². The van der Waals surface area contributed by atoms with Crippen molar-refractivity contribution in [3.63, 3.8) is 0 Å². The van der Waals surface area contributed by atoms with Crippen LogP contribution in [0.15, 0.2) is 42.5 Å². The second-order valence-corrected chi connectivity index (χ2v) is 6.00. The largest absolute Gasteiger partial charge is 0.492 e. The number of rotatable bonds is 6. The average molecular weight is 356 g/mol. The van der Waals surface area contributed by atoms with Gasteiger partial charge in [0.05, 0.1) is 25.5 Å². The molecule has 1 aliphatic heterocycles. The first-order chi connectivity index (χ1) is 12.7. The number of carbonyl (C=O) groups excluding carboxylic acids is 1. The van der Waals surface area contributed by atoms with E-state index >= 15 is 0 Å². The van der Waals surface area contributed by atoms with Gasteiger partial charge in [-0.15, -0.1) is 0 Å². The van der Waals surface area contributed by atoms with Gasteiger partial charge in [-0.05, 0) is 38.1 Å². The first kappa shape index (κ1) is 17.9. The third-order valence-electron chi connectivity index (χ3n) is 3.97. The fraction of sp³-hybridized carbons (Fsp3) is 0.350. The molecule has 2 N–H and O–H groups in total. The topological polar surface area (TPSA) is 68.8 Å². The molecule has 0 aromatic heterocycles. The Balaban J connectivity index is 1.65. The number of anilines is 2. The summed E-state index contributed by atoms with van der Waals surface area (Å²) in [5.74, 6) is 1.94. The smallest absolute Gasteiger partial charge is 0.246 e. The minimum Gasteiger partial charge on any atom is -0.492 e. The predicted octanol–water partition coefficient (Wildman–Crippen LogP) is 3.69. The molecule has 0 aliphatic carbocycles. The van der Waals surface area contributed by atoms with Crippen molar-refractivity contribution < 1.29 is 19.0 Å². The Morgan fingerprint density at radius 2 is 1.92 bits per heavy atom. The number of nitrogens with one attached hydrogen (secondary N) is 2. The van der Waals surface area contributed by atoms with E-state index in [1.54, 1.807) is 0 Å². The highest BCUT2D eigenvalue weighted by molar-refractivity contribution is 5.97. The molecular weight excluding hydrogens is 332 g/mol. The van der Waals surface area contributed by atoms with E-state index in [9.17, 15) is 4.79 Å². The van der Waals surface area contributed by atoms with Gasteiger partial charge < -0.3 is 24.8 Å². The van der Waals surface area contributed by atoms with Crippen LogP contribution >= 0.6 is 0 Å². The minimum absolute atomic E-state index is 0.149. The molecular formula is C20H24N2O4. The fourth-order valence-electron chi connectivity index (χ4n) is 2.66. The molecule has 0 bridgehead atoms. The molecule has 3 rings (SSSR count). The molecule has 6 heteroatoms. The lowest BCUT2D eigenvalue weighted by Gasteiger charge is -2.18. The van der Waals surface area contributed by atoms with Crippen LogP contribution in [-0.2, 0) is 4.79 Å². The number of hydrogen-bond acceptors (Lipinski definition) is 5. The summed E-state index contributed by atoms with van der Waals surface area (Å²) >= 11 is 0. The third-order valence-corrected chi connectivity index (χ3v) is 3.97. The van der Waals surface area contributed by atoms with E-state index in [2.05, 4.69) is 10.6 Å². The summed E-state index contributed by atoms with van der Waals surface area (Å²) in [5.41, 5.74) is 1.46. The Labute approximate surface area is 153 Å². The van der Waals surface area contributed by atoms with Crippen molar-refractivity contribution in [1.29, 1.82) is 0 Å². The fourth-order valence-corrected chi connectivity index (χ4v) is 2.66. The highest BCUT2D eigenvalue weighted by Gasteiger charge is 2.16. The molecule has 0 saturated carbocycles. The zero-order valence-electron chi connectivity index (χ0n) is 15.1. The monoisotopic (exact) mass is 356 g/mol. The maximum Gasteiger partial charge on any atom is 0.246 e. The van der Waals surface area contributed by atoms with Crippen LogP contribution in [0.1, 0.15) is 20.3 Å². The molecule has 1 heterocycles. The molecule has 2 aromatic carbocycles. The van der Waals surface area contributed by atoms with Crippen molar-refractivity contribution in [2.24, 2.45) is 0 Å². The Hall–Kier alpha value is -2.89. The van der Waals surface area contributed by atoms with E-state index in [1.807, 2.05) is 56.3 Å². The van der Waals surface area contributed by atoms with Gasteiger partial charge in [0.1, 0.15) is 11.8 Å². The van der Waals surface area contributed by atoms with E-state index in [0.717, 1.165) is 17.9 Å². The lowest BCUT2D eigenvalue weighted by Crippen LogP contribution is -2.32. The predicted molar refractivity (Wildman–Crippen MR) is 101 cm³/mol. The van der Waals surface area contributed by atoms with Crippen LogP contribution in [0, 0.1) is 0 Å². The zero-order chi connectivity index (χ0) is 18.4. The van der Waals surface area contributed by atoms with Gasteiger partial charge in [0.25, 0.3) is 0 Å². The van der Waals surface area contributed by atoms with E-state index in [1.165, 1.54) is 0 Å². The van der Waals surface area contributed by atoms with E-state index < -0.39 is 6.04 Å². The Kier molecular flexibility index (Phi) is 5.84. The summed E-state index contributed by atoms with van der Waals surface area (Å²) in [4.78, 5) is 12.5. The molecule has 138 valence electrons. The highest BCUT2D eigenvalue weighted by Crippen LogP contribution is 2.32. The van der Waals surface area contributed by atoms with Gasteiger partial charge in [-0.2, -0.15) is 0 Å². The van der Waals surface area contributed by atoms with Crippen LogP contribution < -0.4 is 24.8 Å². The molecule has 26 heavy (non-hydrogen) atoms. The van der Waals surface area contributed by atoms with Gasteiger partial charge in [-0.25, -0.2) is 0 Å². The quantitative estimate of drug-likeness (QED) is 0.826. The summed E-state index contributed by atoms with van der Waals surface area (Å²) in [5, 5.41) is 6.10. The first-order valence-electron chi connectivity index (χ1n) is 8.86. The molecule has 0 fully saturated rings. The number of carbonyl (C=O) groups is 1. The highest BCUT2D eigenvalue weighted by atomic mass is 16.5. The van der Waals surface area contributed by atoms with Crippen molar-refractivity contribution in [3.05, 3.63) is 42.5 Å².